The summed E-state index contributed by atoms with van der Waals surface area (Å²) in [6, 6.07) is 8.04. The Hall–Kier alpha value is -3.30. The molecule has 0 spiro atoms. The van der Waals surface area contributed by atoms with E-state index in [1.54, 1.807) is 17.4 Å². The number of hydrogen-bond acceptors (Lipinski definition) is 6. The molecule has 0 bridgehead atoms. The van der Waals surface area contributed by atoms with Crippen molar-refractivity contribution in [3.05, 3.63) is 59.8 Å². The number of rotatable bonds is 11. The maximum absolute atomic E-state index is 14.0. The topological polar surface area (TPSA) is 131 Å². The van der Waals surface area contributed by atoms with Gasteiger partial charge >= 0.3 is 0 Å². The van der Waals surface area contributed by atoms with E-state index >= 15 is 0 Å². The molecule has 3 heterocycles. The van der Waals surface area contributed by atoms with E-state index in [9.17, 15) is 19.8 Å². The minimum absolute atomic E-state index is 0.201. The molecular formula is C31H41N5O4. The van der Waals surface area contributed by atoms with E-state index in [1.807, 2.05) is 44.2 Å². The number of amides is 2. The van der Waals surface area contributed by atoms with Crippen LogP contribution in [0, 0.1) is 11.8 Å². The lowest BCUT2D eigenvalue weighted by Gasteiger charge is -2.34. The molecule has 2 aromatic heterocycles. The molecule has 1 aromatic carbocycles. The van der Waals surface area contributed by atoms with Gasteiger partial charge in [0.25, 0.3) is 5.91 Å². The molecule has 0 radical (unpaired) electrons. The number of aromatic nitrogens is 3. The van der Waals surface area contributed by atoms with Gasteiger partial charge in [0.15, 0.2) is 0 Å². The van der Waals surface area contributed by atoms with E-state index in [1.165, 1.54) is 6.42 Å². The Morgan fingerprint density at radius 1 is 1.18 bits per heavy atom. The highest BCUT2D eigenvalue weighted by atomic mass is 16.3. The number of aromatic amines is 1. The first-order chi connectivity index (χ1) is 19.3. The maximum Gasteiger partial charge on any atom is 0.256 e. The van der Waals surface area contributed by atoms with Crippen molar-refractivity contribution in [3.63, 3.8) is 0 Å². The molecule has 40 heavy (non-hydrogen) atoms. The first-order valence-electron chi connectivity index (χ1n) is 14.6. The van der Waals surface area contributed by atoms with E-state index in [-0.39, 0.29) is 30.7 Å². The molecular weight excluding hydrogens is 506 g/mol. The van der Waals surface area contributed by atoms with E-state index in [0.29, 0.717) is 35.7 Å². The Morgan fingerprint density at radius 2 is 1.95 bits per heavy atom. The zero-order chi connectivity index (χ0) is 28.2. The standard InChI is InChI=1S/C31H41N5O4/c1-19(2)12-28(37)29(38)25(13-20-8-4-3-5-9-20)35-30(39)27(15-22-16-32-18-33-22)36-17-26-23(31(36)40)14-21-10-6-7-11-24(21)34-26/h6-7,10-11,14,16,18-20,25,27-29,37-38H,3-5,8-9,12-13,15,17H2,1-2H3,(H,32,33)(H,35,39)/t25-,27-,28-,29+/m0/s1. The second kappa shape index (κ2) is 12.5. The molecule has 1 aliphatic heterocycles. The largest absolute Gasteiger partial charge is 0.390 e. The van der Waals surface area contributed by atoms with Crippen LogP contribution in [-0.2, 0) is 17.8 Å². The number of aliphatic hydroxyl groups excluding tert-OH is 2. The van der Waals surface area contributed by atoms with Crippen LogP contribution in [0.25, 0.3) is 10.9 Å². The van der Waals surface area contributed by atoms with Crippen LogP contribution in [0.5, 0.6) is 0 Å². The van der Waals surface area contributed by atoms with Gasteiger partial charge in [0.2, 0.25) is 5.91 Å². The van der Waals surface area contributed by atoms with Crippen LogP contribution >= 0.6 is 0 Å². The Bertz CT molecular complexity index is 1300. The van der Waals surface area contributed by atoms with Gasteiger partial charge in [0.1, 0.15) is 12.1 Å². The molecule has 0 unspecified atom stereocenters. The van der Waals surface area contributed by atoms with Crippen molar-refractivity contribution in [2.75, 3.05) is 0 Å². The highest BCUT2D eigenvalue weighted by Crippen LogP contribution is 2.30. The predicted molar refractivity (Wildman–Crippen MR) is 152 cm³/mol. The van der Waals surface area contributed by atoms with E-state index < -0.39 is 24.3 Å². The summed E-state index contributed by atoms with van der Waals surface area (Å²) in [4.78, 5) is 41.2. The lowest BCUT2D eigenvalue weighted by Crippen LogP contribution is -2.56. The third kappa shape index (κ3) is 6.36. The van der Waals surface area contributed by atoms with Crippen LogP contribution in [0.1, 0.15) is 80.5 Å². The maximum atomic E-state index is 14.0. The summed E-state index contributed by atoms with van der Waals surface area (Å²) in [6.45, 7) is 4.21. The quantitative estimate of drug-likeness (QED) is 0.289. The number of fused-ring (bicyclic) bond motifs is 2. The minimum atomic E-state index is -1.10. The Kier molecular flexibility index (Phi) is 8.81. The molecule has 9 nitrogen and oxygen atoms in total. The van der Waals surface area contributed by atoms with Crippen molar-refractivity contribution in [1.29, 1.82) is 0 Å². The molecule has 1 fully saturated rings. The fourth-order valence-electron chi connectivity index (χ4n) is 6.28. The average Bonchev–Trinajstić information content (AvgIpc) is 3.57. The number of benzene rings is 1. The van der Waals surface area contributed by atoms with Crippen LogP contribution in [0.15, 0.2) is 42.9 Å². The summed E-state index contributed by atoms with van der Waals surface area (Å²) >= 11 is 0. The summed E-state index contributed by atoms with van der Waals surface area (Å²) in [5.74, 6) is -0.0237. The number of aliphatic hydroxyl groups is 2. The van der Waals surface area contributed by atoms with Crippen LogP contribution in [0.3, 0.4) is 0 Å². The van der Waals surface area contributed by atoms with Gasteiger partial charge in [-0.15, -0.1) is 0 Å². The number of carbonyl (C=O) groups is 2. The molecule has 2 aliphatic rings. The third-order valence-corrected chi connectivity index (χ3v) is 8.41. The number of nitrogens with one attached hydrogen (secondary N) is 2. The fraction of sp³-hybridized carbons (Fsp3) is 0.548. The van der Waals surface area contributed by atoms with Gasteiger partial charge < -0.3 is 25.4 Å². The van der Waals surface area contributed by atoms with Crippen molar-refractivity contribution in [2.24, 2.45) is 11.8 Å². The number of pyridine rings is 1. The average molecular weight is 548 g/mol. The lowest BCUT2D eigenvalue weighted by atomic mass is 9.82. The lowest BCUT2D eigenvalue weighted by molar-refractivity contribution is -0.128. The highest BCUT2D eigenvalue weighted by Gasteiger charge is 2.40. The Labute approximate surface area is 235 Å². The van der Waals surface area contributed by atoms with E-state index in [2.05, 4.69) is 15.3 Å². The number of H-pyrrole nitrogens is 1. The molecule has 0 saturated heterocycles. The second-order valence-electron chi connectivity index (χ2n) is 11.9. The summed E-state index contributed by atoms with van der Waals surface area (Å²) in [5.41, 5.74) is 2.62. The van der Waals surface area contributed by atoms with Crippen LogP contribution < -0.4 is 5.32 Å². The highest BCUT2D eigenvalue weighted by molar-refractivity contribution is 6.03. The molecule has 9 heteroatoms. The van der Waals surface area contributed by atoms with Gasteiger partial charge in [-0.05, 0) is 36.8 Å². The molecule has 5 rings (SSSR count). The monoisotopic (exact) mass is 547 g/mol. The van der Waals surface area contributed by atoms with Crippen molar-refractivity contribution < 1.29 is 19.8 Å². The van der Waals surface area contributed by atoms with Gasteiger partial charge in [0.05, 0.1) is 47.5 Å². The zero-order valence-electron chi connectivity index (χ0n) is 23.4. The third-order valence-electron chi connectivity index (χ3n) is 8.41. The van der Waals surface area contributed by atoms with Gasteiger partial charge in [-0.2, -0.15) is 0 Å². The number of para-hydroxylation sites is 1. The molecule has 1 aliphatic carbocycles. The smallest absolute Gasteiger partial charge is 0.256 e. The molecule has 1 saturated carbocycles. The van der Waals surface area contributed by atoms with Gasteiger partial charge in [-0.25, -0.2) is 4.98 Å². The van der Waals surface area contributed by atoms with Crippen molar-refractivity contribution >= 4 is 22.7 Å². The first-order valence-corrected chi connectivity index (χ1v) is 14.6. The number of imidazole rings is 1. The van der Waals surface area contributed by atoms with Gasteiger partial charge in [-0.3, -0.25) is 14.6 Å². The summed E-state index contributed by atoms with van der Waals surface area (Å²) in [5, 5.41) is 26.0. The molecule has 2 amide bonds. The zero-order valence-corrected chi connectivity index (χ0v) is 23.4. The normalized spacial score (nSPS) is 19.0. The summed E-state index contributed by atoms with van der Waals surface area (Å²) < 4.78 is 0. The SMILES string of the molecule is CC(C)C[C@H](O)[C@H](O)[C@H](CC1CCCCC1)NC(=O)[C@H](Cc1c[nH]cn1)N1Cc2nc3ccccc3cc2C1=O. The predicted octanol–water partition coefficient (Wildman–Crippen LogP) is 3.75. The van der Waals surface area contributed by atoms with Crippen LogP contribution in [0.2, 0.25) is 0 Å². The molecule has 4 N–H and O–H groups in total. The van der Waals surface area contributed by atoms with E-state index in [0.717, 1.165) is 36.6 Å². The Morgan fingerprint density at radius 3 is 2.67 bits per heavy atom. The van der Waals surface area contributed by atoms with Crippen molar-refractivity contribution in [3.8, 4) is 0 Å². The molecule has 214 valence electrons. The van der Waals surface area contributed by atoms with Crippen molar-refractivity contribution in [2.45, 2.75) is 96.1 Å². The molecule has 3 aromatic rings. The Balaban J connectivity index is 1.40. The fourth-order valence-corrected chi connectivity index (χ4v) is 6.28. The summed E-state index contributed by atoms with van der Waals surface area (Å²) in [7, 11) is 0. The van der Waals surface area contributed by atoms with Gasteiger partial charge in [-0.1, -0.05) is 64.2 Å². The number of nitrogens with zero attached hydrogens (tertiary/aromatic N) is 3. The number of carbonyl (C=O) groups excluding carboxylic acids is 2. The first kappa shape index (κ1) is 28.2. The second-order valence-corrected chi connectivity index (χ2v) is 11.9. The van der Waals surface area contributed by atoms with Crippen molar-refractivity contribution in [1.82, 2.24) is 25.2 Å². The van der Waals surface area contributed by atoms with E-state index in [4.69, 9.17) is 4.98 Å². The molecule has 4 atom stereocenters. The number of hydrogen-bond donors (Lipinski definition) is 4. The van der Waals surface area contributed by atoms with Crippen LogP contribution in [-0.4, -0.2) is 66.2 Å². The van der Waals surface area contributed by atoms with Crippen LogP contribution in [0.4, 0.5) is 0 Å². The van der Waals surface area contributed by atoms with Gasteiger partial charge in [0, 0.05) is 18.0 Å². The minimum Gasteiger partial charge on any atom is -0.390 e. The summed E-state index contributed by atoms with van der Waals surface area (Å²) in [6.07, 6.45) is 8.06.